The van der Waals surface area contributed by atoms with Crippen LogP contribution in [-0.4, -0.2) is 48.3 Å². The molecule has 0 spiro atoms. The summed E-state index contributed by atoms with van der Waals surface area (Å²) < 4.78 is 0. The summed E-state index contributed by atoms with van der Waals surface area (Å²) in [6.45, 7) is 6.19. The molecule has 1 aromatic carbocycles. The van der Waals surface area contributed by atoms with Crippen molar-refractivity contribution in [3.8, 4) is 0 Å². The molecule has 6 nitrogen and oxygen atoms in total. The highest BCUT2D eigenvalue weighted by molar-refractivity contribution is 6.22. The van der Waals surface area contributed by atoms with E-state index in [0.717, 1.165) is 30.8 Å². The summed E-state index contributed by atoms with van der Waals surface area (Å²) in [5.41, 5.74) is 0.755. The van der Waals surface area contributed by atoms with Gasteiger partial charge in [-0.25, -0.2) is 0 Å². The number of fused-ring (bicyclic) bond motifs is 1. The van der Waals surface area contributed by atoms with Crippen molar-refractivity contribution in [3.63, 3.8) is 0 Å². The van der Waals surface area contributed by atoms with E-state index >= 15 is 0 Å². The zero-order valence-corrected chi connectivity index (χ0v) is 14.7. The molecule has 0 saturated carbocycles. The lowest BCUT2D eigenvalue weighted by Crippen LogP contribution is -2.53. The Morgan fingerprint density at radius 1 is 1.24 bits per heavy atom. The van der Waals surface area contributed by atoms with Crippen molar-refractivity contribution < 1.29 is 14.4 Å². The quantitative estimate of drug-likeness (QED) is 0.793. The van der Waals surface area contributed by atoms with Gasteiger partial charge in [-0.3, -0.25) is 19.3 Å². The molecule has 6 heteroatoms. The van der Waals surface area contributed by atoms with Crippen molar-refractivity contribution >= 4 is 17.7 Å². The number of benzene rings is 1. The van der Waals surface area contributed by atoms with Crippen LogP contribution in [0.15, 0.2) is 24.3 Å². The molecule has 0 aromatic heterocycles. The van der Waals surface area contributed by atoms with E-state index in [2.05, 4.69) is 10.6 Å². The van der Waals surface area contributed by atoms with Gasteiger partial charge in [0.1, 0.15) is 6.04 Å². The predicted molar refractivity (Wildman–Crippen MR) is 94.2 cm³/mol. The predicted octanol–water partition coefficient (Wildman–Crippen LogP) is 1.42. The van der Waals surface area contributed by atoms with Gasteiger partial charge in [0, 0.05) is 6.54 Å². The van der Waals surface area contributed by atoms with Crippen molar-refractivity contribution in [2.45, 2.75) is 32.7 Å². The van der Waals surface area contributed by atoms with Crippen LogP contribution in [0.2, 0.25) is 0 Å². The molecule has 0 aliphatic carbocycles. The number of hydrogen-bond donors (Lipinski definition) is 2. The van der Waals surface area contributed by atoms with Crippen LogP contribution in [0.5, 0.6) is 0 Å². The van der Waals surface area contributed by atoms with E-state index in [1.165, 1.54) is 0 Å². The van der Waals surface area contributed by atoms with Crippen molar-refractivity contribution in [1.82, 2.24) is 15.5 Å². The van der Waals surface area contributed by atoms with E-state index < -0.39 is 6.04 Å². The molecule has 2 unspecified atom stereocenters. The monoisotopic (exact) mass is 343 g/mol. The van der Waals surface area contributed by atoms with Crippen LogP contribution in [0.3, 0.4) is 0 Å². The summed E-state index contributed by atoms with van der Waals surface area (Å²) in [7, 11) is 0. The smallest absolute Gasteiger partial charge is 0.262 e. The van der Waals surface area contributed by atoms with Crippen LogP contribution in [0.1, 0.15) is 47.4 Å². The number of amides is 3. The first-order valence-electron chi connectivity index (χ1n) is 8.96. The van der Waals surface area contributed by atoms with Gasteiger partial charge < -0.3 is 10.6 Å². The fourth-order valence-electron chi connectivity index (χ4n) is 3.63. The van der Waals surface area contributed by atoms with Gasteiger partial charge in [-0.1, -0.05) is 26.0 Å². The van der Waals surface area contributed by atoms with Gasteiger partial charge in [-0.2, -0.15) is 0 Å². The highest BCUT2D eigenvalue weighted by atomic mass is 16.2. The molecule has 25 heavy (non-hydrogen) atoms. The molecular formula is C19H25N3O3. The highest BCUT2D eigenvalue weighted by Gasteiger charge is 2.43. The molecule has 1 fully saturated rings. The van der Waals surface area contributed by atoms with Crippen molar-refractivity contribution in [3.05, 3.63) is 35.4 Å². The van der Waals surface area contributed by atoms with Crippen molar-refractivity contribution in [2.75, 3.05) is 19.6 Å². The Morgan fingerprint density at radius 2 is 1.88 bits per heavy atom. The summed E-state index contributed by atoms with van der Waals surface area (Å²) in [5.74, 6) is -0.781. The highest BCUT2D eigenvalue weighted by Crippen LogP contribution is 2.27. The van der Waals surface area contributed by atoms with Gasteiger partial charge in [0.25, 0.3) is 11.8 Å². The summed E-state index contributed by atoms with van der Waals surface area (Å²) >= 11 is 0. The first-order chi connectivity index (χ1) is 12.0. The molecule has 3 rings (SSSR count). The topological polar surface area (TPSA) is 78.5 Å². The minimum Gasteiger partial charge on any atom is -0.354 e. The van der Waals surface area contributed by atoms with Gasteiger partial charge in [0.05, 0.1) is 11.1 Å². The molecular weight excluding hydrogens is 318 g/mol. The molecule has 2 aliphatic rings. The van der Waals surface area contributed by atoms with E-state index in [4.69, 9.17) is 0 Å². The Hall–Kier alpha value is -2.21. The molecule has 2 aliphatic heterocycles. The molecule has 3 amide bonds. The average molecular weight is 343 g/mol. The third-order valence-corrected chi connectivity index (χ3v) is 4.97. The first kappa shape index (κ1) is 17.6. The maximum absolute atomic E-state index is 12.8. The fraction of sp³-hybridized carbons (Fsp3) is 0.526. The number of nitrogens with zero attached hydrogens (tertiary/aromatic N) is 1. The third-order valence-electron chi connectivity index (χ3n) is 4.97. The molecule has 2 N–H and O–H groups in total. The van der Waals surface area contributed by atoms with Crippen LogP contribution < -0.4 is 10.6 Å². The second-order valence-electron chi connectivity index (χ2n) is 7.17. The van der Waals surface area contributed by atoms with Gasteiger partial charge in [-0.15, -0.1) is 0 Å². The van der Waals surface area contributed by atoms with E-state index in [9.17, 15) is 14.4 Å². The SMILES string of the molecule is CC(C)C(C(=O)NCC1CCCNC1)N1C(=O)c2ccccc2C1=O. The summed E-state index contributed by atoms with van der Waals surface area (Å²) in [6, 6.07) is 5.95. The fourth-order valence-corrected chi connectivity index (χ4v) is 3.63. The lowest BCUT2D eigenvalue weighted by molar-refractivity contribution is -0.126. The van der Waals surface area contributed by atoms with Crippen molar-refractivity contribution in [1.29, 1.82) is 0 Å². The Kier molecular flexibility index (Phi) is 5.18. The van der Waals surface area contributed by atoms with E-state index in [0.29, 0.717) is 23.6 Å². The van der Waals surface area contributed by atoms with E-state index in [-0.39, 0.29) is 23.6 Å². The number of nitrogens with one attached hydrogen (secondary N) is 2. The lowest BCUT2D eigenvalue weighted by Gasteiger charge is -2.30. The lowest BCUT2D eigenvalue weighted by atomic mass is 9.98. The largest absolute Gasteiger partial charge is 0.354 e. The Labute approximate surface area is 148 Å². The Balaban J connectivity index is 1.74. The van der Waals surface area contributed by atoms with Gasteiger partial charge in [-0.05, 0) is 49.9 Å². The molecule has 1 aromatic rings. The number of rotatable bonds is 5. The van der Waals surface area contributed by atoms with Gasteiger partial charge in [0.15, 0.2) is 0 Å². The maximum atomic E-state index is 12.8. The van der Waals surface area contributed by atoms with E-state index in [1.54, 1.807) is 24.3 Å². The first-order valence-corrected chi connectivity index (χ1v) is 8.96. The standard InChI is InChI=1S/C19H25N3O3/c1-12(2)16(17(23)21-11-13-6-5-9-20-10-13)22-18(24)14-7-3-4-8-15(14)19(22)25/h3-4,7-8,12-13,16,20H,5-6,9-11H2,1-2H3,(H,21,23). The van der Waals surface area contributed by atoms with Crippen LogP contribution >= 0.6 is 0 Å². The molecule has 2 atom stereocenters. The summed E-state index contributed by atoms with van der Waals surface area (Å²) in [5, 5.41) is 6.28. The normalized spacial score (nSPS) is 21.4. The number of hydrogen-bond acceptors (Lipinski definition) is 4. The van der Waals surface area contributed by atoms with Crippen molar-refractivity contribution in [2.24, 2.45) is 11.8 Å². The number of carbonyl (C=O) groups excluding carboxylic acids is 3. The van der Waals surface area contributed by atoms with E-state index in [1.807, 2.05) is 13.8 Å². The van der Waals surface area contributed by atoms with Gasteiger partial charge >= 0.3 is 0 Å². The zero-order valence-electron chi connectivity index (χ0n) is 14.7. The minimum absolute atomic E-state index is 0.160. The van der Waals surface area contributed by atoms with Crippen LogP contribution in [-0.2, 0) is 4.79 Å². The number of piperidine rings is 1. The Bertz CT molecular complexity index is 645. The number of imide groups is 1. The van der Waals surface area contributed by atoms with Crippen LogP contribution in [0, 0.1) is 11.8 Å². The summed E-state index contributed by atoms with van der Waals surface area (Å²) in [4.78, 5) is 39.3. The second-order valence-corrected chi connectivity index (χ2v) is 7.17. The third kappa shape index (κ3) is 3.44. The number of carbonyl (C=O) groups is 3. The molecule has 1 saturated heterocycles. The average Bonchev–Trinajstić information content (AvgIpc) is 2.86. The van der Waals surface area contributed by atoms with Gasteiger partial charge in [0.2, 0.25) is 5.91 Å². The molecule has 2 heterocycles. The maximum Gasteiger partial charge on any atom is 0.262 e. The minimum atomic E-state index is -0.788. The molecule has 134 valence electrons. The Morgan fingerprint density at radius 3 is 2.40 bits per heavy atom. The van der Waals surface area contributed by atoms with Crippen LogP contribution in [0.4, 0.5) is 0 Å². The molecule has 0 bridgehead atoms. The summed E-state index contributed by atoms with van der Waals surface area (Å²) in [6.07, 6.45) is 2.18. The second kappa shape index (κ2) is 7.35. The molecule has 0 radical (unpaired) electrons. The van der Waals surface area contributed by atoms with Crippen LogP contribution in [0.25, 0.3) is 0 Å². The zero-order chi connectivity index (χ0) is 18.0.